The first-order valence-corrected chi connectivity index (χ1v) is 5.68. The maximum absolute atomic E-state index is 10.9. The van der Waals surface area contributed by atoms with Crippen molar-refractivity contribution in [1.82, 2.24) is 4.98 Å². The molecule has 0 spiro atoms. The lowest BCUT2D eigenvalue weighted by atomic mass is 10.1. The summed E-state index contributed by atoms with van der Waals surface area (Å²) in [5.74, 6) is 0.694. The van der Waals surface area contributed by atoms with E-state index in [1.54, 1.807) is 0 Å². The van der Waals surface area contributed by atoms with Crippen LogP contribution in [-0.4, -0.2) is 10.8 Å². The van der Waals surface area contributed by atoms with E-state index in [4.69, 9.17) is 16.0 Å². The number of rotatable bonds is 4. The zero-order valence-electron chi connectivity index (χ0n) is 9.44. The molecular weight excluding hydrogens is 238 g/mol. The van der Waals surface area contributed by atoms with Crippen molar-refractivity contribution < 1.29 is 9.21 Å². The summed E-state index contributed by atoms with van der Waals surface area (Å²) in [6.45, 7) is 1.54. The van der Waals surface area contributed by atoms with Crippen LogP contribution < -0.4 is 0 Å². The normalized spacial score (nSPS) is 10.5. The fourth-order valence-electron chi connectivity index (χ4n) is 1.54. The predicted octanol–water partition coefficient (Wildman–Crippen LogP) is 3.05. The molecule has 0 aliphatic rings. The minimum atomic E-state index is 0.0799. The van der Waals surface area contributed by atoms with E-state index in [-0.39, 0.29) is 5.78 Å². The number of nitrogens with zero attached hydrogens (tertiary/aromatic N) is 1. The van der Waals surface area contributed by atoms with Crippen LogP contribution in [0.2, 0.25) is 5.02 Å². The molecule has 0 atom stereocenters. The fraction of sp³-hybridized carbons (Fsp3) is 0.231. The molecular formula is C13H12ClNO2. The molecule has 17 heavy (non-hydrogen) atoms. The number of hydrogen-bond acceptors (Lipinski definition) is 3. The Hall–Kier alpha value is -1.61. The van der Waals surface area contributed by atoms with Gasteiger partial charge in [0.15, 0.2) is 5.89 Å². The first kappa shape index (κ1) is 11.9. The van der Waals surface area contributed by atoms with Gasteiger partial charge in [-0.05, 0) is 24.6 Å². The molecule has 0 bridgehead atoms. The van der Waals surface area contributed by atoms with Gasteiger partial charge < -0.3 is 4.42 Å². The molecule has 0 fully saturated rings. The van der Waals surface area contributed by atoms with Gasteiger partial charge in [0.1, 0.15) is 12.0 Å². The van der Waals surface area contributed by atoms with Crippen molar-refractivity contribution >= 4 is 17.4 Å². The highest BCUT2D eigenvalue weighted by atomic mass is 35.5. The molecule has 0 aliphatic heterocycles. The highest BCUT2D eigenvalue weighted by Crippen LogP contribution is 2.13. The second-order valence-electron chi connectivity index (χ2n) is 3.91. The summed E-state index contributed by atoms with van der Waals surface area (Å²) in [6, 6.07) is 7.51. The molecule has 2 aromatic rings. The molecule has 4 heteroatoms. The number of carbonyl (C=O) groups excluding carboxylic acids is 1. The lowest BCUT2D eigenvalue weighted by Crippen LogP contribution is -1.97. The number of halogens is 1. The topological polar surface area (TPSA) is 43.1 Å². The van der Waals surface area contributed by atoms with Crippen molar-refractivity contribution in [2.75, 3.05) is 0 Å². The van der Waals surface area contributed by atoms with E-state index in [0.29, 0.717) is 29.4 Å². The third-order valence-electron chi connectivity index (χ3n) is 2.30. The molecule has 1 aromatic carbocycles. The monoisotopic (exact) mass is 249 g/mol. The van der Waals surface area contributed by atoms with Crippen LogP contribution in [0.4, 0.5) is 0 Å². The number of aromatic nitrogens is 1. The second kappa shape index (κ2) is 5.15. The number of oxazole rings is 1. The van der Waals surface area contributed by atoms with E-state index in [9.17, 15) is 4.79 Å². The summed E-state index contributed by atoms with van der Waals surface area (Å²) in [6.07, 6.45) is 2.46. The lowest BCUT2D eigenvalue weighted by molar-refractivity contribution is -0.116. The molecule has 0 N–H and O–H groups in total. The largest absolute Gasteiger partial charge is 0.448 e. The zero-order valence-corrected chi connectivity index (χ0v) is 10.2. The van der Waals surface area contributed by atoms with Gasteiger partial charge in [0, 0.05) is 11.4 Å². The van der Waals surface area contributed by atoms with E-state index in [0.717, 1.165) is 5.56 Å². The van der Waals surface area contributed by atoms with Crippen LogP contribution in [0.5, 0.6) is 0 Å². The van der Waals surface area contributed by atoms with Gasteiger partial charge in [0.05, 0.1) is 12.1 Å². The minimum Gasteiger partial charge on any atom is -0.448 e. The molecule has 0 saturated heterocycles. The molecule has 0 radical (unpaired) electrons. The summed E-state index contributed by atoms with van der Waals surface area (Å²) >= 11 is 5.80. The van der Waals surface area contributed by atoms with E-state index in [1.807, 2.05) is 24.3 Å². The van der Waals surface area contributed by atoms with Crippen LogP contribution in [0.1, 0.15) is 24.1 Å². The Labute approximate surface area is 104 Å². The SMILES string of the molecule is CC(=O)Cc1coc(Cc2ccc(Cl)cc2)n1. The summed E-state index contributed by atoms with van der Waals surface area (Å²) in [5.41, 5.74) is 1.76. The molecule has 0 aliphatic carbocycles. The van der Waals surface area contributed by atoms with Crippen LogP contribution in [0.3, 0.4) is 0 Å². The van der Waals surface area contributed by atoms with Gasteiger partial charge in [-0.15, -0.1) is 0 Å². The Bertz CT molecular complexity index is 516. The maximum Gasteiger partial charge on any atom is 0.198 e. The van der Waals surface area contributed by atoms with Gasteiger partial charge in [-0.25, -0.2) is 4.98 Å². The van der Waals surface area contributed by atoms with Gasteiger partial charge in [-0.3, -0.25) is 4.79 Å². The van der Waals surface area contributed by atoms with Crippen molar-refractivity contribution in [2.45, 2.75) is 19.8 Å². The third kappa shape index (κ3) is 3.43. The van der Waals surface area contributed by atoms with E-state index >= 15 is 0 Å². The number of ketones is 1. The Balaban J connectivity index is 2.06. The number of Topliss-reactive ketones (excluding diaryl/α,β-unsaturated/α-hetero) is 1. The van der Waals surface area contributed by atoms with Crippen molar-refractivity contribution in [3.8, 4) is 0 Å². The molecule has 3 nitrogen and oxygen atoms in total. The Morgan fingerprint density at radius 3 is 2.71 bits per heavy atom. The minimum absolute atomic E-state index is 0.0799. The van der Waals surface area contributed by atoms with Crippen LogP contribution in [0.15, 0.2) is 34.9 Å². The molecule has 0 saturated carbocycles. The van der Waals surface area contributed by atoms with E-state index in [1.165, 1.54) is 13.2 Å². The first-order chi connectivity index (χ1) is 8.13. The summed E-state index contributed by atoms with van der Waals surface area (Å²) in [4.78, 5) is 15.2. The molecule has 0 amide bonds. The van der Waals surface area contributed by atoms with Crippen molar-refractivity contribution in [3.05, 3.63) is 52.7 Å². The van der Waals surface area contributed by atoms with E-state index in [2.05, 4.69) is 4.98 Å². The quantitative estimate of drug-likeness (QED) is 0.836. The molecule has 0 unspecified atom stereocenters. The lowest BCUT2D eigenvalue weighted by Gasteiger charge is -1.96. The Morgan fingerprint density at radius 1 is 1.35 bits per heavy atom. The summed E-state index contributed by atoms with van der Waals surface area (Å²) in [7, 11) is 0. The van der Waals surface area contributed by atoms with Gasteiger partial charge in [-0.2, -0.15) is 0 Å². The average Bonchev–Trinajstić information content (AvgIpc) is 2.68. The van der Waals surface area contributed by atoms with Gasteiger partial charge in [0.25, 0.3) is 0 Å². The summed E-state index contributed by atoms with van der Waals surface area (Å²) < 4.78 is 5.30. The van der Waals surface area contributed by atoms with Crippen molar-refractivity contribution in [2.24, 2.45) is 0 Å². The molecule has 2 rings (SSSR count). The number of carbonyl (C=O) groups is 1. The average molecular weight is 250 g/mol. The first-order valence-electron chi connectivity index (χ1n) is 5.30. The van der Waals surface area contributed by atoms with Gasteiger partial charge >= 0.3 is 0 Å². The Morgan fingerprint density at radius 2 is 2.06 bits per heavy atom. The number of benzene rings is 1. The Kier molecular flexibility index (Phi) is 3.59. The highest BCUT2D eigenvalue weighted by Gasteiger charge is 2.06. The van der Waals surface area contributed by atoms with E-state index < -0.39 is 0 Å². The van der Waals surface area contributed by atoms with Gasteiger partial charge in [0.2, 0.25) is 0 Å². The standard InChI is InChI=1S/C13H12ClNO2/c1-9(16)6-12-8-17-13(15-12)7-10-2-4-11(14)5-3-10/h2-5,8H,6-7H2,1H3. The third-order valence-corrected chi connectivity index (χ3v) is 2.55. The molecule has 1 aromatic heterocycles. The second-order valence-corrected chi connectivity index (χ2v) is 4.35. The molecule has 88 valence electrons. The van der Waals surface area contributed by atoms with Crippen molar-refractivity contribution in [3.63, 3.8) is 0 Å². The van der Waals surface area contributed by atoms with Crippen LogP contribution in [0.25, 0.3) is 0 Å². The number of hydrogen-bond donors (Lipinski definition) is 0. The predicted molar refractivity (Wildman–Crippen MR) is 65.1 cm³/mol. The van der Waals surface area contributed by atoms with Crippen LogP contribution >= 0.6 is 11.6 Å². The zero-order chi connectivity index (χ0) is 12.3. The van der Waals surface area contributed by atoms with Crippen LogP contribution in [0, 0.1) is 0 Å². The van der Waals surface area contributed by atoms with Gasteiger partial charge in [-0.1, -0.05) is 23.7 Å². The molecule has 1 heterocycles. The summed E-state index contributed by atoms with van der Waals surface area (Å²) in [5, 5.41) is 0.707. The highest BCUT2D eigenvalue weighted by molar-refractivity contribution is 6.30. The van der Waals surface area contributed by atoms with Crippen molar-refractivity contribution in [1.29, 1.82) is 0 Å². The van der Waals surface area contributed by atoms with Crippen LogP contribution in [-0.2, 0) is 17.6 Å². The fourth-order valence-corrected chi connectivity index (χ4v) is 1.67. The maximum atomic E-state index is 10.9. The smallest absolute Gasteiger partial charge is 0.198 e.